The number of amides is 1. The minimum atomic E-state index is -0.574. The van der Waals surface area contributed by atoms with E-state index in [2.05, 4.69) is 36.4 Å². The van der Waals surface area contributed by atoms with Crippen LogP contribution in [-0.2, 0) is 11.2 Å². The van der Waals surface area contributed by atoms with Gasteiger partial charge in [0.2, 0.25) is 5.91 Å². The fraction of sp³-hybridized carbons (Fsp3) is 0.200. The average Bonchev–Trinajstić information content (AvgIpc) is 2.49. The number of hydrazone groups is 1. The molecule has 2 aromatic rings. The lowest BCUT2D eigenvalue weighted by atomic mass is 10.1. The van der Waals surface area contributed by atoms with E-state index < -0.39 is 11.2 Å². The number of nitrogens with one attached hydrogen (secondary N) is 3. The Labute approximate surface area is 144 Å². The molecule has 2 rings (SSSR count). The van der Waals surface area contributed by atoms with Gasteiger partial charge in [0.15, 0.2) is 0 Å². The van der Waals surface area contributed by atoms with Gasteiger partial charge >= 0.3 is 5.69 Å². The Kier molecular flexibility index (Phi) is 5.69. The zero-order chi connectivity index (χ0) is 17.7. The number of phenols is 1. The third-order valence-electron chi connectivity index (χ3n) is 3.23. The zero-order valence-corrected chi connectivity index (χ0v) is 14.3. The van der Waals surface area contributed by atoms with Crippen LogP contribution in [0.5, 0.6) is 5.75 Å². The van der Waals surface area contributed by atoms with Gasteiger partial charge in [-0.1, -0.05) is 0 Å². The number of hydrogen-bond acceptors (Lipinski definition) is 5. The third kappa shape index (κ3) is 4.66. The molecule has 1 amide bonds. The molecule has 0 aliphatic rings. The minimum absolute atomic E-state index is 0.0482. The Morgan fingerprint density at radius 3 is 2.79 bits per heavy atom. The van der Waals surface area contributed by atoms with Crippen LogP contribution in [0, 0.1) is 6.92 Å². The van der Waals surface area contributed by atoms with Crippen LogP contribution in [-0.4, -0.2) is 27.2 Å². The first-order valence-corrected chi connectivity index (χ1v) is 7.78. The minimum Gasteiger partial charge on any atom is -0.507 e. The summed E-state index contributed by atoms with van der Waals surface area (Å²) in [4.78, 5) is 39.1. The first-order chi connectivity index (χ1) is 11.4. The number of H-pyrrole nitrogens is 2. The molecule has 9 heteroatoms. The predicted molar refractivity (Wildman–Crippen MR) is 92.3 cm³/mol. The molecule has 0 unspecified atom stereocenters. The molecule has 0 spiro atoms. The molecule has 1 aromatic heterocycles. The number of rotatable bonds is 5. The lowest BCUT2D eigenvalue weighted by Gasteiger charge is -2.03. The number of carbonyl (C=O) groups is 1. The maximum absolute atomic E-state index is 11.8. The van der Waals surface area contributed by atoms with Crippen LogP contribution in [0.15, 0.2) is 37.4 Å². The number of hydrogen-bond donors (Lipinski definition) is 4. The fourth-order valence-electron chi connectivity index (χ4n) is 2.00. The maximum atomic E-state index is 11.8. The Morgan fingerprint density at radius 1 is 1.38 bits per heavy atom. The third-order valence-corrected chi connectivity index (χ3v) is 3.87. The van der Waals surface area contributed by atoms with Gasteiger partial charge in [-0.2, -0.15) is 5.10 Å². The molecule has 24 heavy (non-hydrogen) atoms. The Morgan fingerprint density at radius 2 is 2.12 bits per heavy atom. The molecule has 126 valence electrons. The topological polar surface area (TPSA) is 127 Å². The van der Waals surface area contributed by atoms with E-state index >= 15 is 0 Å². The van der Waals surface area contributed by atoms with Gasteiger partial charge in [-0.05, 0) is 53.0 Å². The number of aromatic hydroxyl groups is 1. The van der Waals surface area contributed by atoms with E-state index in [0.717, 1.165) is 0 Å². The van der Waals surface area contributed by atoms with Gasteiger partial charge in [0.05, 0.1) is 10.7 Å². The molecular weight excluding hydrogens is 380 g/mol. The quantitative estimate of drug-likeness (QED) is 0.444. The molecule has 0 fully saturated rings. The molecule has 0 saturated heterocycles. The smallest absolute Gasteiger partial charge is 0.325 e. The number of benzene rings is 1. The Balaban J connectivity index is 1.92. The number of phenolic OH excluding ortho intramolecular Hbond substituents is 1. The molecule has 1 heterocycles. The Hall–Kier alpha value is -2.68. The van der Waals surface area contributed by atoms with Gasteiger partial charge in [0, 0.05) is 17.7 Å². The van der Waals surface area contributed by atoms with Crippen molar-refractivity contribution in [3.05, 3.63) is 60.3 Å². The van der Waals surface area contributed by atoms with Crippen molar-refractivity contribution in [2.45, 2.75) is 19.8 Å². The number of nitrogens with zero attached hydrogens (tertiary/aromatic N) is 1. The summed E-state index contributed by atoms with van der Waals surface area (Å²) in [6, 6.07) is 4.78. The van der Waals surface area contributed by atoms with Gasteiger partial charge in [-0.15, -0.1) is 0 Å². The van der Waals surface area contributed by atoms with E-state index in [1.165, 1.54) is 12.3 Å². The van der Waals surface area contributed by atoms with Crippen molar-refractivity contribution in [2.24, 2.45) is 5.10 Å². The van der Waals surface area contributed by atoms with E-state index in [1.807, 2.05) is 0 Å². The largest absolute Gasteiger partial charge is 0.507 e. The van der Waals surface area contributed by atoms with Crippen molar-refractivity contribution < 1.29 is 9.90 Å². The molecule has 8 nitrogen and oxygen atoms in total. The van der Waals surface area contributed by atoms with Gasteiger partial charge in [-0.3, -0.25) is 14.6 Å². The molecule has 0 saturated carbocycles. The highest BCUT2D eigenvalue weighted by Crippen LogP contribution is 2.23. The molecular formula is C15H15BrN4O4. The molecule has 4 N–H and O–H groups in total. The molecule has 0 aliphatic heterocycles. The lowest BCUT2D eigenvalue weighted by Crippen LogP contribution is -2.28. The van der Waals surface area contributed by atoms with Gasteiger partial charge < -0.3 is 10.1 Å². The highest BCUT2D eigenvalue weighted by Gasteiger charge is 2.08. The van der Waals surface area contributed by atoms with Gasteiger partial charge in [0.1, 0.15) is 5.75 Å². The van der Waals surface area contributed by atoms with Crippen molar-refractivity contribution in [1.29, 1.82) is 0 Å². The SMILES string of the molecule is Cc1[nH]c(=O)[nH]c(=O)c1CCC(=O)N/N=C/c1ccc(O)c(Br)c1. The van der Waals surface area contributed by atoms with E-state index in [9.17, 15) is 19.5 Å². The number of aromatic amines is 2. The number of halogens is 1. The lowest BCUT2D eigenvalue weighted by molar-refractivity contribution is -0.121. The van der Waals surface area contributed by atoms with Crippen LogP contribution in [0.3, 0.4) is 0 Å². The van der Waals surface area contributed by atoms with Crippen molar-refractivity contribution in [3.63, 3.8) is 0 Å². The zero-order valence-electron chi connectivity index (χ0n) is 12.7. The van der Waals surface area contributed by atoms with E-state index in [4.69, 9.17) is 0 Å². The monoisotopic (exact) mass is 394 g/mol. The van der Waals surface area contributed by atoms with Crippen LogP contribution >= 0.6 is 15.9 Å². The molecule has 1 aromatic carbocycles. The second-order valence-electron chi connectivity index (χ2n) is 5.02. The highest BCUT2D eigenvalue weighted by molar-refractivity contribution is 9.10. The van der Waals surface area contributed by atoms with Gasteiger partial charge in [0.25, 0.3) is 5.56 Å². The highest BCUT2D eigenvalue weighted by atomic mass is 79.9. The number of aromatic nitrogens is 2. The molecule has 0 bridgehead atoms. The summed E-state index contributed by atoms with van der Waals surface area (Å²) in [6.07, 6.45) is 1.66. The maximum Gasteiger partial charge on any atom is 0.325 e. The van der Waals surface area contributed by atoms with Crippen molar-refractivity contribution in [2.75, 3.05) is 0 Å². The fourth-order valence-corrected chi connectivity index (χ4v) is 2.40. The van der Waals surface area contributed by atoms with E-state index in [1.54, 1.807) is 19.1 Å². The normalized spacial score (nSPS) is 10.9. The Bertz CT molecular complexity index is 901. The van der Waals surface area contributed by atoms with Crippen molar-refractivity contribution in [3.8, 4) is 5.75 Å². The first-order valence-electron chi connectivity index (χ1n) is 6.99. The second-order valence-corrected chi connectivity index (χ2v) is 5.87. The van der Waals surface area contributed by atoms with Crippen LogP contribution in [0.4, 0.5) is 0 Å². The van der Waals surface area contributed by atoms with Crippen LogP contribution in [0.2, 0.25) is 0 Å². The molecule has 0 radical (unpaired) electrons. The van der Waals surface area contributed by atoms with E-state index in [0.29, 0.717) is 21.3 Å². The second kappa shape index (κ2) is 7.73. The van der Waals surface area contributed by atoms with Crippen LogP contribution < -0.4 is 16.7 Å². The summed E-state index contributed by atoms with van der Waals surface area (Å²) in [6.45, 7) is 1.60. The summed E-state index contributed by atoms with van der Waals surface area (Å²) in [5.41, 5.74) is 2.77. The van der Waals surface area contributed by atoms with Crippen LogP contribution in [0.1, 0.15) is 23.2 Å². The summed E-state index contributed by atoms with van der Waals surface area (Å²) in [5, 5.41) is 13.2. The van der Waals surface area contributed by atoms with Crippen LogP contribution in [0.25, 0.3) is 0 Å². The van der Waals surface area contributed by atoms with Crippen molar-refractivity contribution in [1.82, 2.24) is 15.4 Å². The summed E-state index contributed by atoms with van der Waals surface area (Å²) in [5.74, 6) is -0.258. The van der Waals surface area contributed by atoms with Crippen molar-refractivity contribution >= 4 is 28.1 Å². The average molecular weight is 395 g/mol. The number of aryl methyl sites for hydroxylation is 1. The van der Waals surface area contributed by atoms with Gasteiger partial charge in [-0.25, -0.2) is 10.2 Å². The summed E-state index contributed by atoms with van der Waals surface area (Å²) < 4.78 is 0.519. The summed E-state index contributed by atoms with van der Waals surface area (Å²) >= 11 is 3.18. The molecule has 0 aliphatic carbocycles. The summed E-state index contributed by atoms with van der Waals surface area (Å²) in [7, 11) is 0. The first kappa shape index (κ1) is 17.7. The molecule has 0 atom stereocenters. The number of carbonyl (C=O) groups excluding carboxylic acids is 1. The standard InChI is InChI=1S/C15H15BrN4O4/c1-8-10(14(23)19-15(24)18-8)3-5-13(22)20-17-7-9-2-4-12(21)11(16)6-9/h2,4,6-7,21H,3,5H2,1H3,(H,20,22)(H2,18,19,23,24)/b17-7+. The predicted octanol–water partition coefficient (Wildman–Crippen LogP) is 0.923. The van der Waals surface area contributed by atoms with E-state index in [-0.39, 0.29) is 24.5 Å².